The fourth-order valence-corrected chi connectivity index (χ4v) is 4.65. The molecular formula is C18H18Cl2INO2. The molecule has 6 heteroatoms. The largest absolute Gasteiger partial charge is 0.367 e. The molecule has 0 aromatic heterocycles. The lowest BCUT2D eigenvalue weighted by molar-refractivity contribution is -0.0501. The topological polar surface area (TPSA) is 43.7 Å². The van der Waals surface area contributed by atoms with Gasteiger partial charge in [0.25, 0.3) is 0 Å². The molecule has 128 valence electrons. The first-order chi connectivity index (χ1) is 11.5. The molecule has 2 aromatic rings. The van der Waals surface area contributed by atoms with Gasteiger partial charge in [-0.1, -0.05) is 53.5 Å². The van der Waals surface area contributed by atoms with Crippen molar-refractivity contribution in [1.29, 1.82) is 0 Å². The third kappa shape index (κ3) is 3.89. The van der Waals surface area contributed by atoms with E-state index in [2.05, 4.69) is 35.0 Å². The van der Waals surface area contributed by atoms with E-state index in [1.165, 1.54) is 11.1 Å². The zero-order valence-corrected chi connectivity index (χ0v) is 16.5. The third-order valence-electron chi connectivity index (χ3n) is 4.48. The molecule has 0 saturated heterocycles. The van der Waals surface area contributed by atoms with Gasteiger partial charge in [0.15, 0.2) is 6.29 Å². The van der Waals surface area contributed by atoms with E-state index in [-0.39, 0.29) is 18.5 Å². The molecule has 0 radical (unpaired) electrons. The van der Waals surface area contributed by atoms with E-state index in [4.69, 9.17) is 23.2 Å². The van der Waals surface area contributed by atoms with Gasteiger partial charge >= 0.3 is 0 Å². The summed E-state index contributed by atoms with van der Waals surface area (Å²) in [5, 5.41) is 19.7. The van der Waals surface area contributed by atoms with Gasteiger partial charge in [0.2, 0.25) is 0 Å². The number of nitrogens with zero attached hydrogens (tertiary/aromatic N) is 1. The van der Waals surface area contributed by atoms with Crippen molar-refractivity contribution >= 4 is 46.1 Å². The fraction of sp³-hybridized carbons (Fsp3) is 0.333. The van der Waals surface area contributed by atoms with E-state index in [0.29, 0.717) is 10.0 Å². The first-order valence-electron chi connectivity index (χ1n) is 7.79. The van der Waals surface area contributed by atoms with Gasteiger partial charge in [0, 0.05) is 34.8 Å². The van der Waals surface area contributed by atoms with Crippen LogP contribution in [0.3, 0.4) is 0 Å². The van der Waals surface area contributed by atoms with Crippen LogP contribution in [0, 0.1) is 0 Å². The van der Waals surface area contributed by atoms with Crippen LogP contribution in [-0.4, -0.2) is 26.2 Å². The highest BCUT2D eigenvalue weighted by Crippen LogP contribution is 2.45. The van der Waals surface area contributed by atoms with Gasteiger partial charge in [-0.15, -0.1) is 0 Å². The molecule has 3 nitrogen and oxygen atoms in total. The molecule has 2 aromatic carbocycles. The average Bonchev–Trinajstić information content (AvgIpc) is 2.55. The Morgan fingerprint density at radius 1 is 1.04 bits per heavy atom. The second-order valence-electron chi connectivity index (χ2n) is 6.01. The number of aliphatic hydroxyl groups excluding tert-OH is 1. The minimum atomic E-state index is -1.33. The van der Waals surface area contributed by atoms with Crippen molar-refractivity contribution in [3.63, 3.8) is 0 Å². The Kier molecular flexibility index (Phi) is 6.06. The minimum Gasteiger partial charge on any atom is -0.367 e. The predicted octanol–water partition coefficient (Wildman–Crippen LogP) is 4.92. The van der Waals surface area contributed by atoms with Gasteiger partial charge in [-0.3, -0.25) is 0 Å². The lowest BCUT2D eigenvalue weighted by Crippen LogP contribution is -2.31. The molecule has 2 atom stereocenters. The molecule has 0 unspecified atom stereocenters. The van der Waals surface area contributed by atoms with E-state index in [1.54, 1.807) is 0 Å². The van der Waals surface area contributed by atoms with Gasteiger partial charge in [0.05, 0.1) is 16.6 Å². The minimum absolute atomic E-state index is 0.169. The summed E-state index contributed by atoms with van der Waals surface area (Å²) >= 11 is 14.4. The number of benzene rings is 2. The van der Waals surface area contributed by atoms with Crippen molar-refractivity contribution in [1.82, 2.24) is 3.11 Å². The lowest BCUT2D eigenvalue weighted by Gasteiger charge is -2.36. The molecule has 24 heavy (non-hydrogen) atoms. The van der Waals surface area contributed by atoms with Gasteiger partial charge in [0.1, 0.15) is 0 Å². The zero-order valence-electron chi connectivity index (χ0n) is 12.9. The Labute approximate surface area is 165 Å². The Hall–Kier alpha value is -0.370. The van der Waals surface area contributed by atoms with Crippen LogP contribution in [0.4, 0.5) is 0 Å². The van der Waals surface area contributed by atoms with Crippen LogP contribution in [0.25, 0.3) is 0 Å². The summed E-state index contributed by atoms with van der Waals surface area (Å²) in [5.41, 5.74) is 3.66. The number of halogens is 3. The second kappa shape index (κ2) is 7.89. The van der Waals surface area contributed by atoms with Gasteiger partial charge in [-0.2, -0.15) is 0 Å². The molecule has 1 aliphatic carbocycles. The molecule has 0 aliphatic heterocycles. The van der Waals surface area contributed by atoms with E-state index in [1.807, 2.05) is 33.4 Å². The molecule has 3 rings (SSSR count). The summed E-state index contributed by atoms with van der Waals surface area (Å²) in [6.45, 7) is 0.219. The fourth-order valence-electron chi connectivity index (χ4n) is 3.42. The smallest absolute Gasteiger partial charge is 0.165 e. The Balaban J connectivity index is 1.95. The van der Waals surface area contributed by atoms with Crippen LogP contribution in [0.5, 0.6) is 0 Å². The molecule has 0 saturated carbocycles. The normalized spacial score (nSPS) is 20.5. The molecule has 0 spiro atoms. The highest BCUT2D eigenvalue weighted by atomic mass is 127. The van der Waals surface area contributed by atoms with Gasteiger partial charge < -0.3 is 10.2 Å². The summed E-state index contributed by atoms with van der Waals surface area (Å²) in [6.07, 6.45) is 0.583. The van der Waals surface area contributed by atoms with Crippen LogP contribution in [0.2, 0.25) is 10.0 Å². The monoisotopic (exact) mass is 477 g/mol. The van der Waals surface area contributed by atoms with Crippen LogP contribution < -0.4 is 0 Å². The van der Waals surface area contributed by atoms with Crippen molar-refractivity contribution < 1.29 is 10.2 Å². The van der Waals surface area contributed by atoms with Gasteiger partial charge in [-0.05, 0) is 41.7 Å². The Morgan fingerprint density at radius 3 is 2.42 bits per heavy atom. The maximum absolute atomic E-state index is 9.27. The maximum atomic E-state index is 9.27. The molecule has 2 N–H and O–H groups in total. The van der Waals surface area contributed by atoms with E-state index in [9.17, 15) is 10.2 Å². The van der Waals surface area contributed by atoms with Crippen molar-refractivity contribution in [3.05, 3.63) is 69.2 Å². The first kappa shape index (κ1) is 18.4. The van der Waals surface area contributed by atoms with Crippen molar-refractivity contribution in [2.24, 2.45) is 0 Å². The number of rotatable bonds is 4. The van der Waals surface area contributed by atoms with E-state index in [0.717, 1.165) is 18.4 Å². The van der Waals surface area contributed by atoms with Crippen LogP contribution >= 0.6 is 46.1 Å². The molecule has 0 amide bonds. The molecule has 0 heterocycles. The van der Waals surface area contributed by atoms with E-state index >= 15 is 0 Å². The summed E-state index contributed by atoms with van der Waals surface area (Å²) in [6, 6.07) is 14.4. The predicted molar refractivity (Wildman–Crippen MR) is 106 cm³/mol. The van der Waals surface area contributed by atoms with E-state index < -0.39 is 6.29 Å². The average molecular weight is 478 g/mol. The highest BCUT2D eigenvalue weighted by molar-refractivity contribution is 14.1. The maximum Gasteiger partial charge on any atom is 0.165 e. The van der Waals surface area contributed by atoms with Crippen molar-refractivity contribution in [2.45, 2.75) is 31.1 Å². The molecule has 0 bridgehead atoms. The summed E-state index contributed by atoms with van der Waals surface area (Å²) in [5.74, 6) is 0.274. The molecule has 0 fully saturated rings. The summed E-state index contributed by atoms with van der Waals surface area (Å²) in [4.78, 5) is 0. The van der Waals surface area contributed by atoms with Crippen LogP contribution in [0.15, 0.2) is 42.5 Å². The van der Waals surface area contributed by atoms with Crippen LogP contribution in [0.1, 0.15) is 41.5 Å². The highest BCUT2D eigenvalue weighted by Gasteiger charge is 2.31. The van der Waals surface area contributed by atoms with Crippen molar-refractivity contribution in [2.75, 3.05) is 6.54 Å². The van der Waals surface area contributed by atoms with Crippen LogP contribution in [-0.2, 0) is 0 Å². The number of hydrogen-bond donors (Lipinski definition) is 2. The second-order valence-corrected chi connectivity index (χ2v) is 8.06. The summed E-state index contributed by atoms with van der Waals surface area (Å²) < 4.78 is 1.98. The first-order valence-corrected chi connectivity index (χ1v) is 9.51. The molecular weight excluding hydrogens is 460 g/mol. The standard InChI is InChI=1S/C18H18Cl2INO2/c19-15-7-5-11(9-16(15)20)12-6-8-17(22(21)10-18(23)24)14-4-2-1-3-13(12)14/h1-5,7,9,12,17-18,23-24H,6,8,10H2/t12-,17-/m0/s1. The van der Waals surface area contributed by atoms with Crippen molar-refractivity contribution in [3.8, 4) is 0 Å². The number of aliphatic hydroxyl groups is 2. The SMILES string of the molecule is OC(O)CN(I)[C@H]1CC[C@@H](c2ccc(Cl)c(Cl)c2)c2ccccc21. The Bertz CT molecular complexity index is 726. The summed E-state index contributed by atoms with van der Waals surface area (Å²) in [7, 11) is 0. The number of fused-ring (bicyclic) bond motifs is 1. The lowest BCUT2D eigenvalue weighted by atomic mass is 9.77. The number of hydrogen-bond acceptors (Lipinski definition) is 3. The molecule has 1 aliphatic rings. The van der Waals surface area contributed by atoms with Gasteiger partial charge in [-0.25, -0.2) is 3.11 Å². The Morgan fingerprint density at radius 2 is 1.75 bits per heavy atom. The third-order valence-corrected chi connectivity index (χ3v) is 6.29. The zero-order chi connectivity index (χ0) is 17.3. The quantitative estimate of drug-likeness (QED) is 0.373.